The highest BCUT2D eigenvalue weighted by Gasteiger charge is 2.00. The molecule has 0 bridgehead atoms. The fraction of sp³-hybridized carbons (Fsp3) is 0.400. The van der Waals surface area contributed by atoms with Crippen molar-refractivity contribution in [2.45, 2.75) is 13.8 Å². The van der Waals surface area contributed by atoms with Crippen LogP contribution in [-0.2, 0) is 0 Å². The van der Waals surface area contributed by atoms with Gasteiger partial charge < -0.3 is 0 Å². The van der Waals surface area contributed by atoms with Gasteiger partial charge in [-0.1, -0.05) is 31.7 Å². The van der Waals surface area contributed by atoms with E-state index in [9.17, 15) is 0 Å². The lowest BCUT2D eigenvalue weighted by molar-refractivity contribution is 1.41. The van der Waals surface area contributed by atoms with Crippen LogP contribution in [0.15, 0.2) is 18.2 Å². The molecule has 1 aromatic rings. The van der Waals surface area contributed by atoms with Gasteiger partial charge in [0.25, 0.3) is 0 Å². The second-order valence-corrected chi connectivity index (χ2v) is 5.46. The third-order valence-electron chi connectivity index (χ3n) is 1.83. The maximum absolute atomic E-state index is 2.30. The van der Waals surface area contributed by atoms with Gasteiger partial charge in [0, 0.05) is 0 Å². The number of hydrogen-bond acceptors (Lipinski definition) is 0. The Labute approximate surface area is 70.4 Å². The van der Waals surface area contributed by atoms with E-state index in [1.807, 2.05) is 0 Å². The zero-order chi connectivity index (χ0) is 8.43. The third-order valence-corrected chi connectivity index (χ3v) is 3.30. The molecule has 1 heteroatoms. The van der Waals surface area contributed by atoms with Gasteiger partial charge in [0.1, 0.15) is 0 Å². The topological polar surface area (TPSA) is 0 Å². The Bertz CT molecular complexity index is 251. The Morgan fingerprint density at radius 1 is 1.09 bits per heavy atom. The molecular formula is C10H15P. The van der Waals surface area contributed by atoms with Crippen LogP contribution >= 0.6 is 7.92 Å². The predicted molar refractivity (Wildman–Crippen MR) is 54.3 cm³/mol. The zero-order valence-corrected chi connectivity index (χ0v) is 8.57. The van der Waals surface area contributed by atoms with Gasteiger partial charge in [-0.3, -0.25) is 0 Å². The smallest absolute Gasteiger partial charge is 0.0216 e. The van der Waals surface area contributed by atoms with Crippen molar-refractivity contribution in [2.75, 3.05) is 13.3 Å². The molecule has 0 spiro atoms. The van der Waals surface area contributed by atoms with Crippen LogP contribution in [0.1, 0.15) is 11.1 Å². The van der Waals surface area contributed by atoms with Crippen LogP contribution in [0, 0.1) is 13.8 Å². The fourth-order valence-electron chi connectivity index (χ4n) is 1.31. The van der Waals surface area contributed by atoms with E-state index in [0.29, 0.717) is 0 Å². The van der Waals surface area contributed by atoms with Gasteiger partial charge >= 0.3 is 0 Å². The largest absolute Gasteiger partial charge is 0.0814 e. The van der Waals surface area contributed by atoms with Crippen molar-refractivity contribution in [3.8, 4) is 0 Å². The van der Waals surface area contributed by atoms with Gasteiger partial charge in [0.05, 0.1) is 0 Å². The summed E-state index contributed by atoms with van der Waals surface area (Å²) in [5.41, 5.74) is 2.81. The van der Waals surface area contributed by atoms with Gasteiger partial charge in [-0.2, -0.15) is 0 Å². The molecule has 0 fully saturated rings. The van der Waals surface area contributed by atoms with E-state index in [2.05, 4.69) is 45.4 Å². The highest BCUT2D eigenvalue weighted by Crippen LogP contribution is 2.25. The van der Waals surface area contributed by atoms with Crippen molar-refractivity contribution in [3.63, 3.8) is 0 Å². The third kappa shape index (κ3) is 2.04. The van der Waals surface area contributed by atoms with E-state index in [4.69, 9.17) is 0 Å². The van der Waals surface area contributed by atoms with Gasteiger partial charge in [-0.15, -0.1) is 0 Å². The minimum Gasteiger partial charge on any atom is -0.0814 e. The summed E-state index contributed by atoms with van der Waals surface area (Å²) in [6, 6.07) is 6.72. The Kier molecular flexibility index (Phi) is 2.67. The van der Waals surface area contributed by atoms with E-state index >= 15 is 0 Å². The number of benzene rings is 1. The summed E-state index contributed by atoms with van der Waals surface area (Å²) in [5, 5.41) is 1.53. The molecule has 0 aliphatic rings. The summed E-state index contributed by atoms with van der Waals surface area (Å²) in [5.74, 6) is 0. The molecule has 0 heterocycles. The van der Waals surface area contributed by atoms with Gasteiger partial charge in [-0.05, 0) is 38.0 Å². The quantitative estimate of drug-likeness (QED) is 0.563. The van der Waals surface area contributed by atoms with Crippen molar-refractivity contribution in [2.24, 2.45) is 0 Å². The lowest BCUT2D eigenvalue weighted by Crippen LogP contribution is -2.03. The highest BCUT2D eigenvalue weighted by molar-refractivity contribution is 7.64. The van der Waals surface area contributed by atoms with E-state index in [-0.39, 0.29) is 7.92 Å². The zero-order valence-electron chi connectivity index (χ0n) is 7.68. The van der Waals surface area contributed by atoms with E-state index in [1.165, 1.54) is 16.4 Å². The van der Waals surface area contributed by atoms with Crippen LogP contribution in [-0.4, -0.2) is 13.3 Å². The Morgan fingerprint density at radius 2 is 1.73 bits per heavy atom. The monoisotopic (exact) mass is 166 g/mol. The molecule has 0 saturated heterocycles. The Hall–Kier alpha value is -0.350. The van der Waals surface area contributed by atoms with Crippen molar-refractivity contribution < 1.29 is 0 Å². The second-order valence-electron chi connectivity index (χ2n) is 3.18. The van der Waals surface area contributed by atoms with Crippen LogP contribution in [0.4, 0.5) is 0 Å². The lowest BCUT2D eigenvalue weighted by Gasteiger charge is -2.09. The standard InChI is InChI=1S/C10H15P/c1-8-5-6-10(11(3)4)9(2)7-8/h5-7H,1-4H3. The molecule has 0 amide bonds. The van der Waals surface area contributed by atoms with E-state index < -0.39 is 0 Å². The molecule has 0 nitrogen and oxygen atoms in total. The molecule has 60 valence electrons. The normalized spacial score (nSPS) is 10.6. The molecule has 1 aromatic carbocycles. The first-order valence-electron chi connectivity index (χ1n) is 3.86. The van der Waals surface area contributed by atoms with Gasteiger partial charge in [0.15, 0.2) is 0 Å². The molecule has 0 saturated carbocycles. The van der Waals surface area contributed by atoms with Crippen molar-refractivity contribution in [3.05, 3.63) is 29.3 Å². The fourth-order valence-corrected chi connectivity index (χ4v) is 2.45. The predicted octanol–water partition coefficient (Wildman–Crippen LogP) is 2.67. The van der Waals surface area contributed by atoms with Crippen LogP contribution in [0.2, 0.25) is 0 Å². The van der Waals surface area contributed by atoms with Crippen molar-refractivity contribution in [1.82, 2.24) is 0 Å². The van der Waals surface area contributed by atoms with Crippen LogP contribution in [0.25, 0.3) is 0 Å². The average Bonchev–Trinajstić information content (AvgIpc) is 1.85. The van der Waals surface area contributed by atoms with Gasteiger partial charge in [-0.25, -0.2) is 0 Å². The van der Waals surface area contributed by atoms with Crippen LogP contribution in [0.5, 0.6) is 0 Å². The SMILES string of the molecule is Cc1ccc(P(C)C)c(C)c1. The summed E-state index contributed by atoms with van der Waals surface area (Å²) < 4.78 is 0. The molecule has 0 aliphatic carbocycles. The average molecular weight is 166 g/mol. The molecule has 0 atom stereocenters. The summed E-state index contributed by atoms with van der Waals surface area (Å²) in [7, 11) is 0.0712. The number of aryl methyl sites for hydroxylation is 2. The maximum Gasteiger partial charge on any atom is -0.0216 e. The molecule has 1 rings (SSSR count). The minimum absolute atomic E-state index is 0.0712. The van der Waals surface area contributed by atoms with Crippen molar-refractivity contribution in [1.29, 1.82) is 0 Å². The van der Waals surface area contributed by atoms with Crippen molar-refractivity contribution >= 4 is 13.2 Å². The lowest BCUT2D eigenvalue weighted by atomic mass is 10.2. The summed E-state index contributed by atoms with van der Waals surface area (Å²) in [6.07, 6.45) is 0. The summed E-state index contributed by atoms with van der Waals surface area (Å²) >= 11 is 0. The Morgan fingerprint density at radius 3 is 2.18 bits per heavy atom. The first-order chi connectivity index (χ1) is 5.11. The molecular weight excluding hydrogens is 151 g/mol. The highest BCUT2D eigenvalue weighted by atomic mass is 31.1. The Balaban J connectivity index is 3.09. The molecule has 0 aromatic heterocycles. The van der Waals surface area contributed by atoms with Crippen LogP contribution < -0.4 is 5.30 Å². The maximum atomic E-state index is 2.30. The second kappa shape index (κ2) is 3.36. The first-order valence-corrected chi connectivity index (χ1v) is 6.09. The van der Waals surface area contributed by atoms with E-state index in [1.54, 1.807) is 0 Å². The molecule has 11 heavy (non-hydrogen) atoms. The first kappa shape index (κ1) is 8.74. The molecule has 0 unspecified atom stereocenters. The minimum atomic E-state index is 0.0712. The van der Waals surface area contributed by atoms with Gasteiger partial charge in [0.2, 0.25) is 0 Å². The molecule has 0 aliphatic heterocycles. The number of hydrogen-bond donors (Lipinski definition) is 0. The van der Waals surface area contributed by atoms with E-state index in [0.717, 1.165) is 0 Å². The molecule has 0 N–H and O–H groups in total. The van der Waals surface area contributed by atoms with Crippen LogP contribution in [0.3, 0.4) is 0 Å². The summed E-state index contributed by atoms with van der Waals surface area (Å²) in [6.45, 7) is 8.94. The molecule has 0 radical (unpaired) electrons. The number of rotatable bonds is 1. The summed E-state index contributed by atoms with van der Waals surface area (Å²) in [4.78, 5) is 0.